The highest BCUT2D eigenvalue weighted by molar-refractivity contribution is 5.81. The van der Waals surface area contributed by atoms with Crippen molar-refractivity contribution in [3.63, 3.8) is 0 Å². The van der Waals surface area contributed by atoms with Gasteiger partial charge in [-0.05, 0) is 12.8 Å². The third-order valence-electron chi connectivity index (χ3n) is 2.12. The summed E-state index contributed by atoms with van der Waals surface area (Å²) >= 11 is 0. The number of nitrogens with zero attached hydrogens (tertiary/aromatic N) is 1. The largest absolute Gasteiger partial charge is 0.471 e. The normalized spacial score (nSPS) is 20.9. The number of hydrogen-bond acceptors (Lipinski definition) is 3. The number of nitrogens with one attached hydrogen (secondary N) is 1. The van der Waals surface area contributed by atoms with E-state index in [2.05, 4.69) is 0 Å². The molecule has 1 heterocycles. The van der Waals surface area contributed by atoms with Crippen LogP contribution in [-0.2, 0) is 4.79 Å². The van der Waals surface area contributed by atoms with Gasteiger partial charge in [-0.25, -0.2) is 5.01 Å². The van der Waals surface area contributed by atoms with Gasteiger partial charge >= 0.3 is 12.1 Å². The molecule has 14 heavy (non-hydrogen) atoms. The molecule has 1 saturated heterocycles. The monoisotopic (exact) mass is 211 g/mol. The van der Waals surface area contributed by atoms with E-state index in [9.17, 15) is 18.0 Å². The molecule has 3 N–H and O–H groups in total. The van der Waals surface area contributed by atoms with Crippen LogP contribution in [0.5, 0.6) is 0 Å². The number of rotatable bonds is 1. The van der Waals surface area contributed by atoms with Crippen molar-refractivity contribution in [3.05, 3.63) is 0 Å². The maximum absolute atomic E-state index is 11.8. The van der Waals surface area contributed by atoms with E-state index in [1.807, 2.05) is 5.32 Å². The summed E-state index contributed by atoms with van der Waals surface area (Å²) in [6.07, 6.45) is -3.88. The number of nitrogens with two attached hydrogens (primary N) is 1. The van der Waals surface area contributed by atoms with Crippen LogP contribution in [0.4, 0.5) is 13.2 Å². The fraction of sp³-hybridized carbons (Fsp3) is 0.857. The van der Waals surface area contributed by atoms with Gasteiger partial charge < -0.3 is 5.32 Å². The number of amides is 1. The zero-order valence-corrected chi connectivity index (χ0v) is 7.47. The predicted molar refractivity (Wildman–Crippen MR) is 43.0 cm³/mol. The molecule has 0 aliphatic carbocycles. The number of carbonyl (C=O) groups is 1. The van der Waals surface area contributed by atoms with Gasteiger partial charge in [0.1, 0.15) is 0 Å². The van der Waals surface area contributed by atoms with Crippen LogP contribution < -0.4 is 11.2 Å². The number of hydrazine groups is 1. The van der Waals surface area contributed by atoms with Crippen molar-refractivity contribution >= 4 is 5.91 Å². The molecule has 82 valence electrons. The molecule has 0 radical (unpaired) electrons. The Morgan fingerprint density at radius 2 is 1.86 bits per heavy atom. The van der Waals surface area contributed by atoms with E-state index in [0.29, 0.717) is 25.9 Å². The second-order valence-electron chi connectivity index (χ2n) is 3.28. The number of halogens is 3. The molecule has 1 aliphatic heterocycles. The Bertz CT molecular complexity index is 211. The Kier molecular flexibility index (Phi) is 3.33. The average molecular weight is 211 g/mol. The summed E-state index contributed by atoms with van der Waals surface area (Å²) in [6, 6.07) is -0.413. The first-order valence-corrected chi connectivity index (χ1v) is 4.27. The van der Waals surface area contributed by atoms with Gasteiger partial charge in [-0.1, -0.05) is 0 Å². The number of carbonyl (C=O) groups excluding carboxylic acids is 1. The molecule has 0 bridgehead atoms. The third kappa shape index (κ3) is 3.15. The van der Waals surface area contributed by atoms with E-state index in [0.717, 1.165) is 0 Å². The molecule has 4 nitrogen and oxygen atoms in total. The molecule has 7 heteroatoms. The number of alkyl halides is 3. The lowest BCUT2D eigenvalue weighted by molar-refractivity contribution is -0.174. The van der Waals surface area contributed by atoms with E-state index in [4.69, 9.17) is 5.84 Å². The van der Waals surface area contributed by atoms with Gasteiger partial charge in [0.25, 0.3) is 0 Å². The maximum atomic E-state index is 11.8. The topological polar surface area (TPSA) is 58.4 Å². The SMILES string of the molecule is NN1CCC(NC(=O)C(F)(F)F)CC1. The first kappa shape index (κ1) is 11.3. The van der Waals surface area contributed by atoms with E-state index < -0.39 is 18.1 Å². The molecule has 1 rings (SSSR count). The van der Waals surface area contributed by atoms with Crippen LogP contribution in [0.15, 0.2) is 0 Å². The van der Waals surface area contributed by atoms with Crippen molar-refractivity contribution in [3.8, 4) is 0 Å². The van der Waals surface area contributed by atoms with Crippen molar-refractivity contribution in [2.45, 2.75) is 25.1 Å². The van der Waals surface area contributed by atoms with Crippen molar-refractivity contribution in [1.82, 2.24) is 10.3 Å². The van der Waals surface area contributed by atoms with E-state index in [-0.39, 0.29) is 0 Å². The summed E-state index contributed by atoms with van der Waals surface area (Å²) in [6.45, 7) is 1.01. The second-order valence-corrected chi connectivity index (χ2v) is 3.28. The Morgan fingerprint density at radius 3 is 2.29 bits per heavy atom. The Labute approximate surface area is 79.2 Å². The molecular weight excluding hydrogens is 199 g/mol. The average Bonchev–Trinajstić information content (AvgIpc) is 2.07. The molecule has 0 aromatic carbocycles. The van der Waals surface area contributed by atoms with Crippen LogP contribution in [0.3, 0.4) is 0 Å². The van der Waals surface area contributed by atoms with Gasteiger partial charge in [0.05, 0.1) is 0 Å². The molecule has 1 aliphatic rings. The van der Waals surface area contributed by atoms with Crippen LogP contribution in [0.2, 0.25) is 0 Å². The number of hydrogen-bond donors (Lipinski definition) is 2. The fourth-order valence-electron chi connectivity index (χ4n) is 1.31. The van der Waals surface area contributed by atoms with Gasteiger partial charge in [-0.2, -0.15) is 13.2 Å². The van der Waals surface area contributed by atoms with Gasteiger partial charge in [0.2, 0.25) is 0 Å². The minimum atomic E-state index is -4.79. The minimum Gasteiger partial charge on any atom is -0.345 e. The van der Waals surface area contributed by atoms with Crippen molar-refractivity contribution in [2.75, 3.05) is 13.1 Å². The summed E-state index contributed by atoms with van der Waals surface area (Å²) in [5.41, 5.74) is 0. The van der Waals surface area contributed by atoms with Gasteiger partial charge in [-0.3, -0.25) is 10.6 Å². The Balaban J connectivity index is 2.35. The van der Waals surface area contributed by atoms with Crippen molar-refractivity contribution in [2.24, 2.45) is 5.84 Å². The molecular formula is C7H12F3N3O. The van der Waals surface area contributed by atoms with E-state index in [1.165, 1.54) is 5.01 Å². The lowest BCUT2D eigenvalue weighted by Gasteiger charge is -2.29. The maximum Gasteiger partial charge on any atom is 0.471 e. The fourth-order valence-corrected chi connectivity index (χ4v) is 1.31. The van der Waals surface area contributed by atoms with Crippen LogP contribution >= 0.6 is 0 Å². The molecule has 1 fully saturated rings. The van der Waals surface area contributed by atoms with Crippen LogP contribution in [0.25, 0.3) is 0 Å². The van der Waals surface area contributed by atoms with Gasteiger partial charge in [-0.15, -0.1) is 0 Å². The molecule has 0 aromatic rings. The Hall–Kier alpha value is -0.820. The van der Waals surface area contributed by atoms with Crippen LogP contribution in [-0.4, -0.2) is 36.2 Å². The minimum absolute atomic E-state index is 0.413. The van der Waals surface area contributed by atoms with Gasteiger partial charge in [0.15, 0.2) is 0 Å². The lowest BCUT2D eigenvalue weighted by Crippen LogP contribution is -2.49. The highest BCUT2D eigenvalue weighted by Crippen LogP contribution is 2.16. The zero-order chi connectivity index (χ0) is 10.8. The lowest BCUT2D eigenvalue weighted by atomic mass is 10.1. The highest BCUT2D eigenvalue weighted by Gasteiger charge is 2.39. The summed E-state index contributed by atoms with van der Waals surface area (Å²) in [4.78, 5) is 10.5. The molecule has 0 atom stereocenters. The smallest absolute Gasteiger partial charge is 0.345 e. The second kappa shape index (κ2) is 4.14. The third-order valence-corrected chi connectivity index (χ3v) is 2.12. The van der Waals surface area contributed by atoms with E-state index >= 15 is 0 Å². The van der Waals surface area contributed by atoms with E-state index in [1.54, 1.807) is 0 Å². The zero-order valence-electron chi connectivity index (χ0n) is 7.47. The van der Waals surface area contributed by atoms with Crippen molar-refractivity contribution < 1.29 is 18.0 Å². The summed E-state index contributed by atoms with van der Waals surface area (Å²) < 4.78 is 35.5. The molecule has 0 unspecified atom stereocenters. The van der Waals surface area contributed by atoms with Crippen LogP contribution in [0, 0.1) is 0 Å². The van der Waals surface area contributed by atoms with Gasteiger partial charge in [0, 0.05) is 19.1 Å². The summed E-state index contributed by atoms with van der Waals surface area (Å²) in [5.74, 6) is 3.54. The summed E-state index contributed by atoms with van der Waals surface area (Å²) in [7, 11) is 0. The molecule has 0 aromatic heterocycles. The van der Waals surface area contributed by atoms with Crippen LogP contribution in [0.1, 0.15) is 12.8 Å². The molecule has 0 saturated carbocycles. The Morgan fingerprint density at radius 1 is 1.36 bits per heavy atom. The first-order valence-electron chi connectivity index (χ1n) is 4.27. The standard InChI is InChI=1S/C7H12F3N3O/c8-7(9,10)6(14)12-5-1-3-13(11)4-2-5/h5H,1-4,11H2,(H,12,14). The summed E-state index contributed by atoms with van der Waals surface area (Å²) in [5, 5.41) is 3.46. The predicted octanol–water partition coefficient (Wildman–Crippen LogP) is 0.00300. The first-order chi connectivity index (χ1) is 6.39. The quantitative estimate of drug-likeness (QED) is 0.600. The molecule has 1 amide bonds. The highest BCUT2D eigenvalue weighted by atomic mass is 19.4. The van der Waals surface area contributed by atoms with Crippen molar-refractivity contribution in [1.29, 1.82) is 0 Å². The number of piperidine rings is 1. The molecule has 0 spiro atoms.